The summed E-state index contributed by atoms with van der Waals surface area (Å²) in [6.45, 7) is 1.98. The van der Waals surface area contributed by atoms with Gasteiger partial charge < -0.3 is 4.98 Å². The van der Waals surface area contributed by atoms with Crippen molar-refractivity contribution in [2.24, 2.45) is 0 Å². The molecule has 0 fully saturated rings. The lowest BCUT2D eigenvalue weighted by molar-refractivity contribution is 1.04. The summed E-state index contributed by atoms with van der Waals surface area (Å²) in [6.07, 6.45) is 1.79. The SMILES string of the molecule is Cc1cnc2c(c1)[nH]c(=S)n2-c1cc(Cl)ccc1Cl. The van der Waals surface area contributed by atoms with Crippen LogP contribution in [0, 0.1) is 11.7 Å². The molecule has 96 valence electrons. The van der Waals surface area contributed by atoms with Gasteiger partial charge in [-0.1, -0.05) is 23.2 Å². The number of imidazole rings is 1. The van der Waals surface area contributed by atoms with Crippen LogP contribution in [0.4, 0.5) is 0 Å². The van der Waals surface area contributed by atoms with Crippen molar-refractivity contribution in [2.45, 2.75) is 6.92 Å². The van der Waals surface area contributed by atoms with Crippen molar-refractivity contribution in [1.29, 1.82) is 0 Å². The molecule has 1 N–H and O–H groups in total. The number of H-pyrrole nitrogens is 1. The molecule has 0 saturated heterocycles. The minimum absolute atomic E-state index is 0.539. The minimum atomic E-state index is 0.539. The third-order valence-electron chi connectivity index (χ3n) is 2.81. The summed E-state index contributed by atoms with van der Waals surface area (Å²) in [7, 11) is 0. The van der Waals surface area contributed by atoms with E-state index in [1.807, 2.05) is 13.0 Å². The first-order valence-electron chi connectivity index (χ1n) is 5.59. The van der Waals surface area contributed by atoms with E-state index in [0.29, 0.717) is 14.8 Å². The fourth-order valence-electron chi connectivity index (χ4n) is 1.98. The van der Waals surface area contributed by atoms with E-state index in [0.717, 1.165) is 22.4 Å². The maximum atomic E-state index is 6.22. The summed E-state index contributed by atoms with van der Waals surface area (Å²) in [5, 5.41) is 1.17. The number of nitrogens with zero attached hydrogens (tertiary/aromatic N) is 2. The number of hydrogen-bond donors (Lipinski definition) is 1. The molecule has 0 saturated carbocycles. The van der Waals surface area contributed by atoms with Gasteiger partial charge in [0.05, 0.1) is 16.2 Å². The van der Waals surface area contributed by atoms with Crippen LogP contribution in [0.1, 0.15) is 5.56 Å². The Hall–Kier alpha value is -1.36. The highest BCUT2D eigenvalue weighted by Crippen LogP contribution is 2.27. The highest BCUT2D eigenvalue weighted by atomic mass is 35.5. The molecule has 19 heavy (non-hydrogen) atoms. The summed E-state index contributed by atoms with van der Waals surface area (Å²) in [4.78, 5) is 7.54. The van der Waals surface area contributed by atoms with Gasteiger partial charge in [0, 0.05) is 11.2 Å². The van der Waals surface area contributed by atoms with Gasteiger partial charge in [0.2, 0.25) is 0 Å². The van der Waals surface area contributed by atoms with E-state index < -0.39 is 0 Å². The number of benzene rings is 1. The molecule has 3 rings (SSSR count). The Balaban J connectivity index is 2.39. The van der Waals surface area contributed by atoms with Crippen molar-refractivity contribution in [1.82, 2.24) is 14.5 Å². The van der Waals surface area contributed by atoms with Gasteiger partial charge in [0.1, 0.15) is 0 Å². The molecule has 3 nitrogen and oxygen atoms in total. The number of aromatic nitrogens is 3. The lowest BCUT2D eigenvalue weighted by Crippen LogP contribution is -1.96. The molecule has 1 aromatic carbocycles. The predicted molar refractivity (Wildman–Crippen MR) is 81.0 cm³/mol. The quantitative estimate of drug-likeness (QED) is 0.661. The Labute approximate surface area is 124 Å². The second-order valence-electron chi connectivity index (χ2n) is 4.25. The minimum Gasteiger partial charge on any atom is -0.329 e. The first-order chi connectivity index (χ1) is 9.06. The average Bonchev–Trinajstić information content (AvgIpc) is 2.67. The standard InChI is InChI=1S/C13H9Cl2N3S/c1-7-4-10-12(16-6-7)18(13(19)17-10)11-5-8(14)2-3-9(11)15/h2-6H,1H3,(H,17,19). The van der Waals surface area contributed by atoms with Crippen molar-refractivity contribution in [2.75, 3.05) is 0 Å². The number of aromatic amines is 1. The van der Waals surface area contributed by atoms with Crippen LogP contribution in [0.25, 0.3) is 16.9 Å². The van der Waals surface area contributed by atoms with E-state index in [1.54, 1.807) is 29.0 Å². The molecule has 0 aliphatic rings. The van der Waals surface area contributed by atoms with Crippen molar-refractivity contribution >= 4 is 46.6 Å². The van der Waals surface area contributed by atoms with Gasteiger partial charge in [-0.25, -0.2) is 4.98 Å². The Morgan fingerprint density at radius 2 is 2.05 bits per heavy atom. The Kier molecular flexibility index (Phi) is 3.09. The van der Waals surface area contributed by atoms with Crippen molar-refractivity contribution in [3.05, 3.63) is 50.8 Å². The lowest BCUT2D eigenvalue weighted by atomic mass is 10.3. The molecule has 0 aliphatic carbocycles. The predicted octanol–water partition coefficient (Wildman–Crippen LogP) is 4.70. The maximum Gasteiger partial charge on any atom is 0.184 e. The van der Waals surface area contributed by atoms with Crippen LogP contribution in [-0.4, -0.2) is 14.5 Å². The van der Waals surface area contributed by atoms with Crippen molar-refractivity contribution < 1.29 is 0 Å². The van der Waals surface area contributed by atoms with Gasteiger partial charge in [-0.15, -0.1) is 0 Å². The molecule has 0 bridgehead atoms. The van der Waals surface area contributed by atoms with Gasteiger partial charge in [0.15, 0.2) is 10.4 Å². The molecule has 0 spiro atoms. The molecule has 0 atom stereocenters. The van der Waals surface area contributed by atoms with Crippen LogP contribution in [0.5, 0.6) is 0 Å². The van der Waals surface area contributed by atoms with E-state index in [1.165, 1.54) is 0 Å². The summed E-state index contributed by atoms with van der Waals surface area (Å²) >= 11 is 17.6. The third kappa shape index (κ3) is 2.16. The fraction of sp³-hybridized carbons (Fsp3) is 0.0769. The summed E-state index contributed by atoms with van der Waals surface area (Å²) in [5.41, 5.74) is 3.40. The highest BCUT2D eigenvalue weighted by molar-refractivity contribution is 7.71. The zero-order valence-corrected chi connectivity index (χ0v) is 12.3. The highest BCUT2D eigenvalue weighted by Gasteiger charge is 2.11. The molecular weight excluding hydrogens is 301 g/mol. The molecule has 0 aliphatic heterocycles. The zero-order chi connectivity index (χ0) is 13.6. The topological polar surface area (TPSA) is 33.6 Å². The summed E-state index contributed by atoms with van der Waals surface area (Å²) < 4.78 is 2.33. The maximum absolute atomic E-state index is 6.22. The van der Waals surface area contributed by atoms with Crippen LogP contribution in [0.2, 0.25) is 10.0 Å². The second kappa shape index (κ2) is 4.63. The smallest absolute Gasteiger partial charge is 0.184 e. The number of hydrogen-bond acceptors (Lipinski definition) is 2. The Morgan fingerprint density at radius 3 is 2.84 bits per heavy atom. The fourth-order valence-corrected chi connectivity index (χ4v) is 2.64. The average molecular weight is 310 g/mol. The summed E-state index contributed by atoms with van der Waals surface area (Å²) in [5.74, 6) is 0. The van der Waals surface area contributed by atoms with Crippen LogP contribution in [0.15, 0.2) is 30.5 Å². The number of halogens is 2. The number of fused-ring (bicyclic) bond motifs is 1. The largest absolute Gasteiger partial charge is 0.329 e. The first-order valence-corrected chi connectivity index (χ1v) is 6.75. The van der Waals surface area contributed by atoms with Crippen LogP contribution in [-0.2, 0) is 0 Å². The van der Waals surface area contributed by atoms with Gasteiger partial charge in [-0.05, 0) is 49.0 Å². The zero-order valence-electron chi connectivity index (χ0n) is 9.95. The normalized spacial score (nSPS) is 11.1. The Morgan fingerprint density at radius 1 is 1.26 bits per heavy atom. The van der Waals surface area contributed by atoms with E-state index in [2.05, 4.69) is 9.97 Å². The van der Waals surface area contributed by atoms with E-state index >= 15 is 0 Å². The van der Waals surface area contributed by atoms with E-state index in [4.69, 9.17) is 35.4 Å². The molecule has 0 unspecified atom stereocenters. The number of nitrogens with one attached hydrogen (secondary N) is 1. The molecule has 2 aromatic heterocycles. The van der Waals surface area contributed by atoms with E-state index in [-0.39, 0.29) is 0 Å². The molecule has 2 heterocycles. The molecular formula is C13H9Cl2N3S. The van der Waals surface area contributed by atoms with Crippen LogP contribution >= 0.6 is 35.4 Å². The van der Waals surface area contributed by atoms with Crippen LogP contribution < -0.4 is 0 Å². The number of pyridine rings is 1. The van der Waals surface area contributed by atoms with Crippen molar-refractivity contribution in [3.63, 3.8) is 0 Å². The second-order valence-corrected chi connectivity index (χ2v) is 5.48. The van der Waals surface area contributed by atoms with Gasteiger partial charge in [0.25, 0.3) is 0 Å². The van der Waals surface area contributed by atoms with Crippen LogP contribution in [0.3, 0.4) is 0 Å². The molecule has 3 aromatic rings. The van der Waals surface area contributed by atoms with Gasteiger partial charge in [-0.2, -0.15) is 0 Å². The van der Waals surface area contributed by atoms with E-state index in [9.17, 15) is 0 Å². The lowest BCUT2D eigenvalue weighted by Gasteiger charge is -2.07. The molecule has 0 amide bonds. The number of rotatable bonds is 1. The van der Waals surface area contributed by atoms with Gasteiger partial charge in [-0.3, -0.25) is 4.57 Å². The summed E-state index contributed by atoms with van der Waals surface area (Å²) in [6, 6.07) is 7.25. The monoisotopic (exact) mass is 309 g/mol. The Bertz CT molecular complexity index is 836. The number of aryl methyl sites for hydroxylation is 1. The molecule has 0 radical (unpaired) electrons. The first kappa shape index (κ1) is 12.7. The van der Waals surface area contributed by atoms with Crippen molar-refractivity contribution in [3.8, 4) is 5.69 Å². The third-order valence-corrected chi connectivity index (χ3v) is 3.65. The molecule has 6 heteroatoms. The van der Waals surface area contributed by atoms with Gasteiger partial charge >= 0.3 is 0 Å².